The minimum absolute atomic E-state index is 0.0261. The molecule has 8 heteroatoms. The van der Waals surface area contributed by atoms with Crippen LogP contribution in [0.5, 0.6) is 0 Å². The zero-order valence-corrected chi connectivity index (χ0v) is 12.6. The van der Waals surface area contributed by atoms with Gasteiger partial charge in [0.05, 0.1) is 6.54 Å². The Kier molecular flexibility index (Phi) is 4.43. The van der Waals surface area contributed by atoms with E-state index >= 15 is 0 Å². The Hall–Kier alpha value is -1.83. The topological polar surface area (TPSA) is 48.5 Å². The second kappa shape index (κ2) is 6.35. The number of pyridine rings is 1. The van der Waals surface area contributed by atoms with E-state index in [1.54, 1.807) is 6.07 Å². The number of alkyl halides is 3. The van der Waals surface area contributed by atoms with Crippen LogP contribution in [0.4, 0.5) is 19.0 Å². The van der Waals surface area contributed by atoms with Crippen LogP contribution in [-0.4, -0.2) is 54.6 Å². The quantitative estimate of drug-likeness (QED) is 0.910. The molecule has 126 valence electrons. The number of aromatic nitrogens is 1. The van der Waals surface area contributed by atoms with Crippen molar-refractivity contribution in [3.05, 3.63) is 23.9 Å². The molecule has 1 saturated carbocycles. The number of anilines is 1. The third-order valence-corrected chi connectivity index (χ3v) is 4.03. The Labute approximate surface area is 132 Å². The molecule has 2 heterocycles. The number of piperazine rings is 1. The molecule has 1 aliphatic carbocycles. The molecule has 5 nitrogen and oxygen atoms in total. The molecule has 23 heavy (non-hydrogen) atoms. The highest BCUT2D eigenvalue weighted by atomic mass is 19.4. The van der Waals surface area contributed by atoms with Crippen LogP contribution in [0, 0.1) is 0 Å². The van der Waals surface area contributed by atoms with Crippen LogP contribution < -0.4 is 10.2 Å². The highest BCUT2D eigenvalue weighted by molar-refractivity contribution is 5.78. The number of amides is 1. The van der Waals surface area contributed by atoms with Crippen molar-refractivity contribution in [1.29, 1.82) is 0 Å². The van der Waals surface area contributed by atoms with Gasteiger partial charge in [-0.2, -0.15) is 13.2 Å². The molecule has 1 saturated heterocycles. The van der Waals surface area contributed by atoms with Crippen molar-refractivity contribution in [2.45, 2.75) is 25.1 Å². The predicted molar refractivity (Wildman–Crippen MR) is 79.1 cm³/mol. The summed E-state index contributed by atoms with van der Waals surface area (Å²) in [5.74, 6) is 0.361. The molecule has 1 amide bonds. The van der Waals surface area contributed by atoms with Gasteiger partial charge in [-0.15, -0.1) is 0 Å². The molecule has 3 rings (SSSR count). The second-order valence-electron chi connectivity index (χ2n) is 5.98. The molecule has 1 N–H and O–H groups in total. The molecule has 2 aliphatic rings. The second-order valence-corrected chi connectivity index (χ2v) is 5.98. The lowest BCUT2D eigenvalue weighted by Gasteiger charge is -2.35. The van der Waals surface area contributed by atoms with Crippen molar-refractivity contribution in [2.75, 3.05) is 37.6 Å². The number of nitrogens with one attached hydrogen (secondary N) is 1. The van der Waals surface area contributed by atoms with E-state index in [4.69, 9.17) is 0 Å². The van der Waals surface area contributed by atoms with Gasteiger partial charge in [-0.1, -0.05) is 6.07 Å². The highest BCUT2D eigenvalue weighted by Gasteiger charge is 2.33. The van der Waals surface area contributed by atoms with Gasteiger partial charge in [0, 0.05) is 32.2 Å². The fraction of sp³-hybridized carbons (Fsp3) is 0.600. The van der Waals surface area contributed by atoms with Gasteiger partial charge in [0.1, 0.15) is 11.5 Å². The van der Waals surface area contributed by atoms with Gasteiger partial charge in [-0.25, -0.2) is 4.98 Å². The van der Waals surface area contributed by atoms with E-state index in [1.807, 2.05) is 9.80 Å². The smallest absolute Gasteiger partial charge is 0.354 e. The first-order valence-electron chi connectivity index (χ1n) is 7.73. The van der Waals surface area contributed by atoms with Crippen molar-refractivity contribution in [3.63, 3.8) is 0 Å². The summed E-state index contributed by atoms with van der Waals surface area (Å²) in [5.41, 5.74) is -0.874. The first kappa shape index (κ1) is 16.0. The number of nitrogens with zero attached hydrogens (tertiary/aromatic N) is 3. The average molecular weight is 328 g/mol. The fourth-order valence-corrected chi connectivity index (χ4v) is 2.60. The number of carbonyl (C=O) groups excluding carboxylic acids is 1. The monoisotopic (exact) mass is 328 g/mol. The zero-order valence-electron chi connectivity index (χ0n) is 12.6. The normalized spacial score (nSPS) is 19.7. The molecule has 1 aromatic rings. The lowest BCUT2D eigenvalue weighted by Crippen LogP contribution is -2.50. The number of carbonyl (C=O) groups is 1. The van der Waals surface area contributed by atoms with Crippen molar-refractivity contribution in [2.24, 2.45) is 0 Å². The van der Waals surface area contributed by atoms with Gasteiger partial charge in [0.15, 0.2) is 0 Å². The Bertz CT molecular complexity index is 566. The minimum Gasteiger partial charge on any atom is -0.354 e. The van der Waals surface area contributed by atoms with E-state index in [2.05, 4.69) is 10.3 Å². The summed E-state index contributed by atoms with van der Waals surface area (Å²) < 4.78 is 38.1. The van der Waals surface area contributed by atoms with Crippen molar-refractivity contribution in [1.82, 2.24) is 15.2 Å². The first-order chi connectivity index (χ1) is 10.9. The van der Waals surface area contributed by atoms with E-state index in [0.717, 1.165) is 18.9 Å². The fourth-order valence-electron chi connectivity index (χ4n) is 2.60. The standard InChI is InChI=1S/C15H19F3N4O/c16-15(17,18)12-2-1-3-13(20-12)22-8-6-21(7-9-22)10-14(23)19-11-4-5-11/h1-3,11H,4-10H2,(H,19,23). The van der Waals surface area contributed by atoms with Crippen LogP contribution >= 0.6 is 0 Å². The maximum atomic E-state index is 12.7. The molecular weight excluding hydrogens is 309 g/mol. The van der Waals surface area contributed by atoms with Gasteiger partial charge >= 0.3 is 6.18 Å². The average Bonchev–Trinajstić information content (AvgIpc) is 3.31. The minimum atomic E-state index is -4.43. The number of hydrogen-bond donors (Lipinski definition) is 1. The lowest BCUT2D eigenvalue weighted by atomic mass is 10.2. The number of hydrogen-bond acceptors (Lipinski definition) is 4. The van der Waals surface area contributed by atoms with Gasteiger partial charge in [0.2, 0.25) is 5.91 Å². The first-order valence-corrected chi connectivity index (χ1v) is 7.73. The molecular formula is C15H19F3N4O. The molecule has 0 spiro atoms. The largest absolute Gasteiger partial charge is 0.433 e. The van der Waals surface area contributed by atoms with E-state index in [-0.39, 0.29) is 5.91 Å². The van der Waals surface area contributed by atoms with Crippen LogP contribution in [0.25, 0.3) is 0 Å². The van der Waals surface area contributed by atoms with E-state index in [1.165, 1.54) is 6.07 Å². The van der Waals surface area contributed by atoms with Crippen LogP contribution in [0.2, 0.25) is 0 Å². The Morgan fingerprint density at radius 2 is 1.91 bits per heavy atom. The van der Waals surface area contributed by atoms with Gasteiger partial charge in [0.25, 0.3) is 0 Å². The third kappa shape index (κ3) is 4.34. The summed E-state index contributed by atoms with van der Waals surface area (Å²) in [6.07, 6.45) is -2.32. The summed E-state index contributed by atoms with van der Waals surface area (Å²) in [7, 11) is 0. The highest BCUT2D eigenvalue weighted by Crippen LogP contribution is 2.29. The number of rotatable bonds is 4. The third-order valence-electron chi connectivity index (χ3n) is 4.03. The molecule has 1 aromatic heterocycles. The SMILES string of the molecule is O=C(CN1CCN(c2cccc(C(F)(F)F)n2)CC1)NC1CC1. The molecule has 0 bridgehead atoms. The van der Waals surface area contributed by atoms with Crippen LogP contribution in [0.1, 0.15) is 18.5 Å². The molecule has 0 unspecified atom stereocenters. The van der Waals surface area contributed by atoms with Crippen molar-refractivity contribution < 1.29 is 18.0 Å². The van der Waals surface area contributed by atoms with E-state index in [9.17, 15) is 18.0 Å². The van der Waals surface area contributed by atoms with E-state index < -0.39 is 11.9 Å². The Balaban J connectivity index is 1.53. The van der Waals surface area contributed by atoms with Gasteiger partial charge < -0.3 is 10.2 Å². The Morgan fingerprint density at radius 1 is 1.22 bits per heavy atom. The summed E-state index contributed by atoms with van der Waals surface area (Å²) >= 11 is 0. The van der Waals surface area contributed by atoms with Crippen LogP contribution in [-0.2, 0) is 11.0 Å². The van der Waals surface area contributed by atoms with E-state index in [0.29, 0.717) is 44.6 Å². The van der Waals surface area contributed by atoms with Gasteiger partial charge in [-0.3, -0.25) is 9.69 Å². The maximum absolute atomic E-state index is 12.7. The van der Waals surface area contributed by atoms with Crippen LogP contribution in [0.15, 0.2) is 18.2 Å². The summed E-state index contributed by atoms with van der Waals surface area (Å²) in [6, 6.07) is 4.28. The van der Waals surface area contributed by atoms with Gasteiger partial charge in [-0.05, 0) is 25.0 Å². The van der Waals surface area contributed by atoms with Crippen molar-refractivity contribution in [3.8, 4) is 0 Å². The molecule has 0 radical (unpaired) electrons. The Morgan fingerprint density at radius 3 is 2.52 bits per heavy atom. The zero-order chi connectivity index (χ0) is 16.4. The molecule has 1 aliphatic heterocycles. The molecule has 2 fully saturated rings. The molecule has 0 atom stereocenters. The van der Waals surface area contributed by atoms with Crippen molar-refractivity contribution >= 4 is 11.7 Å². The lowest BCUT2D eigenvalue weighted by molar-refractivity contribution is -0.141. The summed E-state index contributed by atoms with van der Waals surface area (Å²) in [4.78, 5) is 19.3. The number of halogens is 3. The maximum Gasteiger partial charge on any atom is 0.433 e. The summed E-state index contributed by atoms with van der Waals surface area (Å²) in [5, 5.41) is 2.94. The van der Waals surface area contributed by atoms with Crippen LogP contribution in [0.3, 0.4) is 0 Å². The summed E-state index contributed by atoms with van der Waals surface area (Å²) in [6.45, 7) is 2.74. The predicted octanol–water partition coefficient (Wildman–Crippen LogP) is 1.50. The molecule has 0 aromatic carbocycles.